The predicted octanol–water partition coefficient (Wildman–Crippen LogP) is 3.00. The molecule has 0 amide bonds. The van der Waals surface area contributed by atoms with Gasteiger partial charge >= 0.3 is 0 Å². The van der Waals surface area contributed by atoms with Crippen LogP contribution in [0.3, 0.4) is 0 Å². The molecule has 1 N–H and O–H groups in total. The molecule has 30 heavy (non-hydrogen) atoms. The van der Waals surface area contributed by atoms with Crippen molar-refractivity contribution in [3.8, 4) is 17.2 Å². The lowest BCUT2D eigenvalue weighted by Crippen LogP contribution is -2.52. The fourth-order valence-corrected chi connectivity index (χ4v) is 3.58. The number of hydrogen-bond donors (Lipinski definition) is 1. The molecular weight excluding hydrogens is 380 g/mol. The Kier molecular flexibility index (Phi) is 7.65. The molecule has 0 bridgehead atoms. The van der Waals surface area contributed by atoms with Crippen LogP contribution in [0.2, 0.25) is 0 Å². The molecule has 0 radical (unpaired) electrons. The number of guanidine groups is 1. The van der Waals surface area contributed by atoms with Crippen molar-refractivity contribution in [2.24, 2.45) is 4.99 Å². The van der Waals surface area contributed by atoms with Crippen molar-refractivity contribution in [3.63, 3.8) is 0 Å². The van der Waals surface area contributed by atoms with Gasteiger partial charge < -0.3 is 29.3 Å². The van der Waals surface area contributed by atoms with E-state index in [0.717, 1.165) is 55.0 Å². The standard InChI is InChI=1S/C23H32N4O3/c1-5-30-22-16-18(6-11-21(22)29-4)17-25-23(24-2)27-14-12-26(13-15-27)19-7-9-20(28-3)10-8-19/h6-11,16H,5,12-15,17H2,1-4H3,(H,24,25). The smallest absolute Gasteiger partial charge is 0.194 e. The lowest BCUT2D eigenvalue weighted by atomic mass is 10.2. The molecule has 162 valence electrons. The monoisotopic (exact) mass is 412 g/mol. The Balaban J connectivity index is 1.55. The molecule has 1 saturated heterocycles. The topological polar surface area (TPSA) is 58.6 Å². The molecule has 1 fully saturated rings. The highest BCUT2D eigenvalue weighted by molar-refractivity contribution is 5.80. The zero-order chi connectivity index (χ0) is 21.3. The highest BCUT2D eigenvalue weighted by atomic mass is 16.5. The highest BCUT2D eigenvalue weighted by Gasteiger charge is 2.20. The average Bonchev–Trinajstić information content (AvgIpc) is 2.80. The number of nitrogens with zero attached hydrogens (tertiary/aromatic N) is 3. The van der Waals surface area contributed by atoms with Crippen LogP contribution in [0, 0.1) is 0 Å². The number of anilines is 1. The van der Waals surface area contributed by atoms with Crippen LogP contribution in [-0.2, 0) is 6.54 Å². The third-order valence-electron chi connectivity index (χ3n) is 5.21. The van der Waals surface area contributed by atoms with Gasteiger partial charge in [0.25, 0.3) is 0 Å². The second kappa shape index (κ2) is 10.6. The normalized spacial score (nSPS) is 14.5. The van der Waals surface area contributed by atoms with Crippen LogP contribution >= 0.6 is 0 Å². The van der Waals surface area contributed by atoms with E-state index in [2.05, 4.69) is 32.2 Å². The summed E-state index contributed by atoms with van der Waals surface area (Å²) in [5.41, 5.74) is 2.34. The number of hydrogen-bond acceptors (Lipinski definition) is 5. The zero-order valence-corrected chi connectivity index (χ0v) is 18.4. The van der Waals surface area contributed by atoms with Crippen molar-refractivity contribution in [1.29, 1.82) is 0 Å². The number of rotatable bonds is 7. The van der Waals surface area contributed by atoms with Gasteiger partial charge in [-0.1, -0.05) is 6.07 Å². The van der Waals surface area contributed by atoms with Gasteiger partial charge in [0.05, 0.1) is 20.8 Å². The summed E-state index contributed by atoms with van der Waals surface area (Å²) >= 11 is 0. The average molecular weight is 413 g/mol. The molecule has 2 aromatic rings. The van der Waals surface area contributed by atoms with E-state index in [9.17, 15) is 0 Å². The Morgan fingerprint density at radius 2 is 1.70 bits per heavy atom. The molecule has 1 aliphatic heterocycles. The summed E-state index contributed by atoms with van der Waals surface area (Å²) in [6, 6.07) is 14.2. The van der Waals surface area contributed by atoms with Crippen LogP contribution in [-0.4, -0.2) is 64.9 Å². The first-order chi connectivity index (χ1) is 14.7. The van der Waals surface area contributed by atoms with Crippen molar-refractivity contribution in [2.75, 3.05) is 59.0 Å². The minimum Gasteiger partial charge on any atom is -0.497 e. The van der Waals surface area contributed by atoms with Gasteiger partial charge in [0.15, 0.2) is 17.5 Å². The molecule has 0 spiro atoms. The maximum absolute atomic E-state index is 5.68. The molecule has 7 nitrogen and oxygen atoms in total. The summed E-state index contributed by atoms with van der Waals surface area (Å²) in [5.74, 6) is 3.31. The summed E-state index contributed by atoms with van der Waals surface area (Å²) in [5, 5.41) is 3.48. The number of piperazine rings is 1. The van der Waals surface area contributed by atoms with E-state index in [1.165, 1.54) is 5.69 Å². The summed E-state index contributed by atoms with van der Waals surface area (Å²) in [6.07, 6.45) is 0. The summed E-state index contributed by atoms with van der Waals surface area (Å²) in [4.78, 5) is 9.17. The van der Waals surface area contributed by atoms with Crippen LogP contribution < -0.4 is 24.4 Å². The Morgan fingerprint density at radius 1 is 0.967 bits per heavy atom. The predicted molar refractivity (Wildman–Crippen MR) is 121 cm³/mol. The number of methoxy groups -OCH3 is 2. The Hall–Kier alpha value is -3.09. The van der Waals surface area contributed by atoms with E-state index in [4.69, 9.17) is 14.2 Å². The molecule has 1 aliphatic rings. The Morgan fingerprint density at radius 3 is 2.30 bits per heavy atom. The summed E-state index contributed by atoms with van der Waals surface area (Å²) in [7, 11) is 5.18. The molecular formula is C23H32N4O3. The lowest BCUT2D eigenvalue weighted by Gasteiger charge is -2.37. The summed E-state index contributed by atoms with van der Waals surface area (Å²) < 4.78 is 16.3. The highest BCUT2D eigenvalue weighted by Crippen LogP contribution is 2.28. The number of benzene rings is 2. The molecule has 0 saturated carbocycles. The number of ether oxygens (including phenoxy) is 3. The fraction of sp³-hybridized carbons (Fsp3) is 0.435. The largest absolute Gasteiger partial charge is 0.497 e. The second-order valence-corrected chi connectivity index (χ2v) is 6.99. The Labute approximate surface area is 179 Å². The van der Waals surface area contributed by atoms with Crippen molar-refractivity contribution < 1.29 is 14.2 Å². The van der Waals surface area contributed by atoms with E-state index in [-0.39, 0.29) is 0 Å². The van der Waals surface area contributed by atoms with Gasteiger partial charge in [0.1, 0.15) is 5.75 Å². The number of aliphatic imine (C=N–C) groups is 1. The summed E-state index contributed by atoms with van der Waals surface area (Å²) in [6.45, 7) is 6.98. The molecule has 0 atom stereocenters. The third-order valence-corrected chi connectivity index (χ3v) is 5.21. The molecule has 3 rings (SSSR count). The van der Waals surface area contributed by atoms with Gasteiger partial charge in [-0.25, -0.2) is 0 Å². The van der Waals surface area contributed by atoms with Gasteiger partial charge in [-0.05, 0) is 48.9 Å². The van der Waals surface area contributed by atoms with Gasteiger partial charge in [-0.2, -0.15) is 0 Å². The first kappa shape index (κ1) is 21.6. The van der Waals surface area contributed by atoms with Gasteiger partial charge in [0, 0.05) is 45.5 Å². The van der Waals surface area contributed by atoms with E-state index in [0.29, 0.717) is 13.2 Å². The van der Waals surface area contributed by atoms with Gasteiger partial charge in [0.2, 0.25) is 0 Å². The molecule has 0 aromatic heterocycles. The van der Waals surface area contributed by atoms with Crippen molar-refractivity contribution >= 4 is 11.6 Å². The molecule has 0 unspecified atom stereocenters. The quantitative estimate of drug-likeness (QED) is 0.557. The minimum absolute atomic E-state index is 0.605. The van der Waals surface area contributed by atoms with Gasteiger partial charge in [-0.15, -0.1) is 0 Å². The van der Waals surface area contributed by atoms with Crippen LogP contribution in [0.1, 0.15) is 12.5 Å². The number of nitrogens with one attached hydrogen (secondary N) is 1. The molecule has 1 heterocycles. The second-order valence-electron chi connectivity index (χ2n) is 6.99. The van der Waals surface area contributed by atoms with E-state index in [1.807, 2.05) is 44.3 Å². The maximum Gasteiger partial charge on any atom is 0.194 e. The minimum atomic E-state index is 0.605. The van der Waals surface area contributed by atoms with Crippen LogP contribution in [0.5, 0.6) is 17.2 Å². The van der Waals surface area contributed by atoms with E-state index < -0.39 is 0 Å². The lowest BCUT2D eigenvalue weighted by molar-refractivity contribution is 0.310. The first-order valence-electron chi connectivity index (χ1n) is 10.3. The zero-order valence-electron chi connectivity index (χ0n) is 18.4. The third kappa shape index (κ3) is 5.28. The van der Waals surface area contributed by atoms with Crippen LogP contribution in [0.4, 0.5) is 5.69 Å². The maximum atomic E-state index is 5.68. The van der Waals surface area contributed by atoms with Crippen molar-refractivity contribution in [2.45, 2.75) is 13.5 Å². The Bertz CT molecular complexity index is 831. The van der Waals surface area contributed by atoms with E-state index >= 15 is 0 Å². The van der Waals surface area contributed by atoms with Crippen molar-refractivity contribution in [1.82, 2.24) is 10.2 Å². The van der Waals surface area contributed by atoms with Crippen LogP contribution in [0.25, 0.3) is 0 Å². The molecule has 7 heteroatoms. The fourth-order valence-electron chi connectivity index (χ4n) is 3.58. The van der Waals surface area contributed by atoms with Crippen molar-refractivity contribution in [3.05, 3.63) is 48.0 Å². The van der Waals surface area contributed by atoms with E-state index in [1.54, 1.807) is 14.2 Å². The first-order valence-corrected chi connectivity index (χ1v) is 10.3. The molecule has 2 aromatic carbocycles. The molecule has 0 aliphatic carbocycles. The SMILES string of the molecule is CCOc1cc(CNC(=NC)N2CCN(c3ccc(OC)cc3)CC2)ccc1OC. The van der Waals surface area contributed by atoms with Crippen LogP contribution in [0.15, 0.2) is 47.5 Å². The van der Waals surface area contributed by atoms with Gasteiger partial charge in [-0.3, -0.25) is 4.99 Å².